The summed E-state index contributed by atoms with van der Waals surface area (Å²) in [5.74, 6) is 0. The second-order valence-corrected chi connectivity index (χ2v) is 3.94. The Bertz CT molecular complexity index is 278. The Morgan fingerprint density at radius 1 is 1.67 bits per heavy atom. The Kier molecular flexibility index (Phi) is 2.90. The average Bonchev–Trinajstić information content (AvgIpc) is 2.16. The Balaban J connectivity index is 2.97. The molecule has 4 heteroatoms. The van der Waals surface area contributed by atoms with Crippen LogP contribution in [0.1, 0.15) is 18.3 Å². The predicted molar refractivity (Wildman–Crippen MR) is 53.0 cm³/mol. The van der Waals surface area contributed by atoms with Crippen molar-refractivity contribution in [2.24, 2.45) is 12.8 Å². The fourth-order valence-electron chi connectivity index (χ4n) is 1.21. The molecule has 3 nitrogen and oxygen atoms in total. The minimum absolute atomic E-state index is 0.177. The minimum Gasteiger partial charge on any atom is -0.328 e. The van der Waals surface area contributed by atoms with Gasteiger partial charge in [0.05, 0.1) is 15.9 Å². The van der Waals surface area contributed by atoms with Gasteiger partial charge in [-0.3, -0.25) is 4.68 Å². The van der Waals surface area contributed by atoms with Crippen molar-refractivity contribution in [3.8, 4) is 0 Å². The number of nitrogens with zero attached hydrogens (tertiary/aromatic N) is 2. The van der Waals surface area contributed by atoms with Crippen molar-refractivity contribution in [3.63, 3.8) is 0 Å². The third-order valence-corrected chi connectivity index (χ3v) is 2.81. The second-order valence-electron chi connectivity index (χ2n) is 3.15. The largest absolute Gasteiger partial charge is 0.328 e. The van der Waals surface area contributed by atoms with Gasteiger partial charge in [0.25, 0.3) is 0 Å². The van der Waals surface area contributed by atoms with Gasteiger partial charge in [-0.1, -0.05) is 0 Å². The first-order valence-electron chi connectivity index (χ1n) is 3.96. The molecular weight excluding hydrogens is 218 g/mol. The molecular formula is C8H14BrN3. The molecule has 0 aliphatic heterocycles. The smallest absolute Gasteiger partial charge is 0.0738 e. The molecule has 0 saturated carbocycles. The maximum atomic E-state index is 5.71. The van der Waals surface area contributed by atoms with Crippen LogP contribution in [-0.2, 0) is 13.5 Å². The zero-order valence-electron chi connectivity index (χ0n) is 7.63. The van der Waals surface area contributed by atoms with Gasteiger partial charge in [-0.05, 0) is 29.8 Å². The molecule has 0 aliphatic rings. The van der Waals surface area contributed by atoms with E-state index in [9.17, 15) is 0 Å². The lowest BCUT2D eigenvalue weighted by molar-refractivity contribution is 0.647. The van der Waals surface area contributed by atoms with E-state index in [4.69, 9.17) is 5.73 Å². The van der Waals surface area contributed by atoms with Crippen molar-refractivity contribution in [3.05, 3.63) is 15.9 Å². The summed E-state index contributed by atoms with van der Waals surface area (Å²) in [6.07, 6.45) is 0.859. The molecule has 1 aromatic rings. The van der Waals surface area contributed by atoms with Gasteiger partial charge in [0.1, 0.15) is 0 Å². The van der Waals surface area contributed by atoms with Crippen LogP contribution >= 0.6 is 15.9 Å². The maximum Gasteiger partial charge on any atom is 0.0738 e. The van der Waals surface area contributed by atoms with E-state index < -0.39 is 0 Å². The molecule has 0 spiro atoms. The van der Waals surface area contributed by atoms with Crippen LogP contribution in [0.25, 0.3) is 0 Å². The van der Waals surface area contributed by atoms with Gasteiger partial charge in [-0.25, -0.2) is 0 Å². The molecule has 1 rings (SSSR count). The number of hydrogen-bond donors (Lipinski definition) is 1. The Morgan fingerprint density at radius 2 is 2.25 bits per heavy atom. The van der Waals surface area contributed by atoms with Crippen molar-refractivity contribution in [2.45, 2.75) is 26.3 Å². The summed E-state index contributed by atoms with van der Waals surface area (Å²) in [5.41, 5.74) is 7.90. The van der Waals surface area contributed by atoms with Gasteiger partial charge in [0, 0.05) is 19.5 Å². The first-order chi connectivity index (χ1) is 5.52. The van der Waals surface area contributed by atoms with E-state index in [2.05, 4.69) is 21.0 Å². The highest BCUT2D eigenvalue weighted by Gasteiger charge is 2.11. The van der Waals surface area contributed by atoms with Crippen molar-refractivity contribution in [1.82, 2.24) is 9.78 Å². The lowest BCUT2D eigenvalue weighted by Gasteiger charge is -2.05. The van der Waals surface area contributed by atoms with E-state index in [1.807, 2.05) is 25.6 Å². The van der Waals surface area contributed by atoms with Gasteiger partial charge in [-0.2, -0.15) is 5.10 Å². The number of hydrogen-bond acceptors (Lipinski definition) is 2. The SMILES string of the molecule is Cc1nn(C)c(CC(C)N)c1Br. The summed E-state index contributed by atoms with van der Waals surface area (Å²) in [6.45, 7) is 3.98. The molecule has 0 bridgehead atoms. The van der Waals surface area contributed by atoms with E-state index in [1.165, 1.54) is 5.69 Å². The summed E-state index contributed by atoms with van der Waals surface area (Å²) < 4.78 is 2.96. The van der Waals surface area contributed by atoms with Crippen molar-refractivity contribution in [1.29, 1.82) is 0 Å². The molecule has 2 N–H and O–H groups in total. The average molecular weight is 232 g/mol. The molecule has 0 saturated heterocycles. The third kappa shape index (κ3) is 1.87. The maximum absolute atomic E-state index is 5.71. The van der Waals surface area contributed by atoms with Gasteiger partial charge < -0.3 is 5.73 Å². The number of halogens is 1. The van der Waals surface area contributed by atoms with Crippen LogP contribution in [0.2, 0.25) is 0 Å². The third-order valence-electron chi connectivity index (χ3n) is 1.78. The number of aryl methyl sites for hydroxylation is 2. The second kappa shape index (κ2) is 3.58. The Morgan fingerprint density at radius 3 is 2.58 bits per heavy atom. The highest BCUT2D eigenvalue weighted by molar-refractivity contribution is 9.10. The van der Waals surface area contributed by atoms with Crippen molar-refractivity contribution >= 4 is 15.9 Å². The van der Waals surface area contributed by atoms with Crippen LogP contribution in [0.5, 0.6) is 0 Å². The van der Waals surface area contributed by atoms with Crippen LogP contribution in [-0.4, -0.2) is 15.8 Å². The van der Waals surface area contributed by atoms with Gasteiger partial charge in [-0.15, -0.1) is 0 Å². The van der Waals surface area contributed by atoms with Gasteiger partial charge in [0.15, 0.2) is 0 Å². The minimum atomic E-state index is 0.177. The van der Waals surface area contributed by atoms with E-state index in [1.54, 1.807) is 0 Å². The van der Waals surface area contributed by atoms with E-state index in [0.717, 1.165) is 16.6 Å². The summed E-state index contributed by atoms with van der Waals surface area (Å²) in [6, 6.07) is 0.177. The predicted octanol–water partition coefficient (Wildman–Crippen LogP) is 1.38. The van der Waals surface area contributed by atoms with Crippen LogP contribution in [0.15, 0.2) is 4.47 Å². The molecule has 1 unspecified atom stereocenters. The van der Waals surface area contributed by atoms with Gasteiger partial charge >= 0.3 is 0 Å². The molecule has 1 aromatic heterocycles. The van der Waals surface area contributed by atoms with E-state index in [-0.39, 0.29) is 6.04 Å². The van der Waals surface area contributed by atoms with Crippen LogP contribution in [0, 0.1) is 6.92 Å². The molecule has 0 aromatic carbocycles. The van der Waals surface area contributed by atoms with Crippen LogP contribution < -0.4 is 5.73 Å². The first kappa shape index (κ1) is 9.74. The zero-order chi connectivity index (χ0) is 9.30. The summed E-state index contributed by atoms with van der Waals surface area (Å²) in [7, 11) is 1.94. The standard InChI is InChI=1S/C8H14BrN3/c1-5(10)4-7-8(9)6(2)11-12(7)3/h5H,4,10H2,1-3H3. The Hall–Kier alpha value is -0.350. The van der Waals surface area contributed by atoms with Gasteiger partial charge in [0.2, 0.25) is 0 Å². The first-order valence-corrected chi connectivity index (χ1v) is 4.75. The van der Waals surface area contributed by atoms with Crippen molar-refractivity contribution in [2.75, 3.05) is 0 Å². The van der Waals surface area contributed by atoms with E-state index in [0.29, 0.717) is 0 Å². The fraction of sp³-hybridized carbons (Fsp3) is 0.625. The molecule has 12 heavy (non-hydrogen) atoms. The monoisotopic (exact) mass is 231 g/mol. The molecule has 1 heterocycles. The summed E-state index contributed by atoms with van der Waals surface area (Å²) in [5, 5.41) is 4.28. The lowest BCUT2D eigenvalue weighted by atomic mass is 10.2. The highest BCUT2D eigenvalue weighted by Crippen LogP contribution is 2.20. The molecule has 0 fully saturated rings. The topological polar surface area (TPSA) is 43.8 Å². The summed E-state index contributed by atoms with van der Waals surface area (Å²) >= 11 is 3.49. The summed E-state index contributed by atoms with van der Waals surface area (Å²) in [4.78, 5) is 0. The number of nitrogens with two attached hydrogens (primary N) is 1. The number of rotatable bonds is 2. The normalized spacial score (nSPS) is 13.4. The van der Waals surface area contributed by atoms with Crippen LogP contribution in [0.3, 0.4) is 0 Å². The van der Waals surface area contributed by atoms with E-state index >= 15 is 0 Å². The molecule has 0 amide bonds. The highest BCUT2D eigenvalue weighted by atomic mass is 79.9. The Labute approximate surface area is 81.1 Å². The molecule has 68 valence electrons. The zero-order valence-corrected chi connectivity index (χ0v) is 9.22. The quantitative estimate of drug-likeness (QED) is 0.837. The molecule has 0 aliphatic carbocycles. The molecule has 0 radical (unpaired) electrons. The van der Waals surface area contributed by atoms with Crippen molar-refractivity contribution < 1.29 is 0 Å². The number of aromatic nitrogens is 2. The lowest BCUT2D eigenvalue weighted by Crippen LogP contribution is -2.19. The fourth-order valence-corrected chi connectivity index (χ4v) is 1.70. The van der Waals surface area contributed by atoms with Crippen LogP contribution in [0.4, 0.5) is 0 Å². The molecule has 1 atom stereocenters.